The maximum absolute atomic E-state index is 12.0. The van der Waals surface area contributed by atoms with Crippen LogP contribution in [-0.4, -0.2) is 25.9 Å². The van der Waals surface area contributed by atoms with Crippen molar-refractivity contribution in [1.29, 1.82) is 0 Å². The number of unbranched alkanes of at least 4 members (excludes halogenated alkanes) is 5. The van der Waals surface area contributed by atoms with Crippen LogP contribution in [0.4, 0.5) is 0 Å². The second-order valence-corrected chi connectivity index (χ2v) is 7.22. The second-order valence-electron chi connectivity index (χ2n) is 5.35. The largest absolute Gasteiger partial charge is 0.394 e. The van der Waals surface area contributed by atoms with Gasteiger partial charge in [0.05, 0.1) is 18.4 Å². The summed E-state index contributed by atoms with van der Waals surface area (Å²) >= 11 is 0. The highest BCUT2D eigenvalue weighted by Crippen LogP contribution is 2.14. The van der Waals surface area contributed by atoms with Gasteiger partial charge < -0.3 is 5.11 Å². The maximum atomic E-state index is 12.0. The lowest BCUT2D eigenvalue weighted by molar-refractivity contribution is 0.259. The second kappa shape index (κ2) is 9.92. The van der Waals surface area contributed by atoms with Crippen LogP contribution >= 0.6 is 0 Å². The molecule has 1 aromatic carbocycles. The van der Waals surface area contributed by atoms with Crippen LogP contribution in [0.25, 0.3) is 0 Å². The molecule has 0 amide bonds. The normalized spacial score (nSPS) is 13.2. The van der Waals surface area contributed by atoms with Gasteiger partial charge in [-0.2, -0.15) is 0 Å². The molecular formula is C16H27NO3S. The number of aliphatic hydroxyl groups excluding tert-OH is 1. The molecule has 1 atom stereocenters. The topological polar surface area (TPSA) is 66.4 Å². The first-order chi connectivity index (χ1) is 10.1. The lowest BCUT2D eigenvalue weighted by Gasteiger charge is -2.16. The Labute approximate surface area is 128 Å². The number of benzene rings is 1. The van der Waals surface area contributed by atoms with E-state index in [1.807, 2.05) is 30.3 Å². The van der Waals surface area contributed by atoms with Gasteiger partial charge in [-0.15, -0.1) is 0 Å². The van der Waals surface area contributed by atoms with Gasteiger partial charge in [-0.3, -0.25) is 0 Å². The number of sulfonamides is 1. The third kappa shape index (κ3) is 7.60. The van der Waals surface area contributed by atoms with Crippen LogP contribution in [0.3, 0.4) is 0 Å². The fourth-order valence-corrected chi connectivity index (χ4v) is 3.59. The van der Waals surface area contributed by atoms with Crippen LogP contribution in [0.5, 0.6) is 0 Å². The SMILES string of the molecule is CCCCCCCCS(=O)(=O)NC(CO)c1ccccc1. The predicted molar refractivity (Wildman–Crippen MR) is 86.6 cm³/mol. The predicted octanol–water partition coefficient (Wildman–Crippen LogP) is 3.00. The van der Waals surface area contributed by atoms with Crippen LogP contribution < -0.4 is 4.72 Å². The minimum Gasteiger partial charge on any atom is -0.394 e. The van der Waals surface area contributed by atoms with Crippen molar-refractivity contribution in [2.24, 2.45) is 0 Å². The van der Waals surface area contributed by atoms with Gasteiger partial charge in [0.25, 0.3) is 0 Å². The summed E-state index contributed by atoms with van der Waals surface area (Å²) in [7, 11) is -3.34. The molecule has 0 heterocycles. The summed E-state index contributed by atoms with van der Waals surface area (Å²) in [6, 6.07) is 8.60. The molecule has 1 unspecified atom stereocenters. The van der Waals surface area contributed by atoms with Crippen molar-refractivity contribution >= 4 is 10.0 Å². The average Bonchev–Trinajstić information content (AvgIpc) is 2.49. The Hall–Kier alpha value is -0.910. The van der Waals surface area contributed by atoms with Gasteiger partial charge >= 0.3 is 0 Å². The standard InChI is InChI=1S/C16H27NO3S/c1-2-3-4-5-6-10-13-21(19,20)17-16(14-18)15-11-8-7-9-12-15/h7-9,11-12,16-18H,2-6,10,13-14H2,1H3. The molecule has 1 rings (SSSR count). The maximum Gasteiger partial charge on any atom is 0.212 e. The molecule has 5 heteroatoms. The van der Waals surface area contributed by atoms with Gasteiger partial charge in [-0.25, -0.2) is 13.1 Å². The van der Waals surface area contributed by atoms with Crippen LogP contribution in [0.15, 0.2) is 30.3 Å². The number of hydrogen-bond donors (Lipinski definition) is 2. The summed E-state index contributed by atoms with van der Waals surface area (Å²) in [6.45, 7) is 1.92. The van der Waals surface area contributed by atoms with E-state index in [0.29, 0.717) is 6.42 Å². The molecule has 0 fully saturated rings. The first-order valence-corrected chi connectivity index (χ1v) is 9.40. The Morgan fingerprint density at radius 2 is 1.67 bits per heavy atom. The lowest BCUT2D eigenvalue weighted by atomic mass is 10.1. The monoisotopic (exact) mass is 313 g/mol. The molecule has 0 bridgehead atoms. The minimum atomic E-state index is -3.34. The van der Waals surface area contributed by atoms with Crippen LogP contribution in [0.1, 0.15) is 57.1 Å². The summed E-state index contributed by atoms with van der Waals surface area (Å²) in [5.41, 5.74) is 0.784. The van der Waals surface area contributed by atoms with Crippen molar-refractivity contribution < 1.29 is 13.5 Å². The molecule has 1 aromatic rings. The van der Waals surface area contributed by atoms with Crippen molar-refractivity contribution in [3.05, 3.63) is 35.9 Å². The molecule has 0 aromatic heterocycles. The van der Waals surface area contributed by atoms with Gasteiger partial charge in [0.1, 0.15) is 0 Å². The first kappa shape index (κ1) is 18.1. The Bertz CT molecular complexity index is 474. The molecule has 2 N–H and O–H groups in total. The Morgan fingerprint density at radius 3 is 2.29 bits per heavy atom. The summed E-state index contributed by atoms with van der Waals surface area (Å²) in [4.78, 5) is 0. The Morgan fingerprint density at radius 1 is 1.05 bits per heavy atom. The molecule has 0 saturated carbocycles. The minimum absolute atomic E-state index is 0.127. The highest BCUT2D eigenvalue weighted by Gasteiger charge is 2.18. The highest BCUT2D eigenvalue weighted by molar-refractivity contribution is 7.89. The zero-order chi connectivity index (χ0) is 15.6. The van der Waals surface area contributed by atoms with Gasteiger partial charge in [-0.1, -0.05) is 69.4 Å². The molecular weight excluding hydrogens is 286 g/mol. The fourth-order valence-electron chi connectivity index (χ4n) is 2.24. The molecule has 21 heavy (non-hydrogen) atoms. The molecule has 4 nitrogen and oxygen atoms in total. The van der Waals surface area contributed by atoms with Gasteiger partial charge in [0.2, 0.25) is 10.0 Å². The van der Waals surface area contributed by atoms with E-state index < -0.39 is 16.1 Å². The molecule has 0 aliphatic carbocycles. The van der Waals surface area contributed by atoms with Gasteiger partial charge in [0.15, 0.2) is 0 Å². The molecule has 0 saturated heterocycles. The third-order valence-corrected chi connectivity index (χ3v) is 4.94. The molecule has 0 aliphatic heterocycles. The number of aliphatic hydroxyl groups is 1. The smallest absolute Gasteiger partial charge is 0.212 e. The van der Waals surface area contributed by atoms with Crippen molar-refractivity contribution in [2.75, 3.05) is 12.4 Å². The lowest BCUT2D eigenvalue weighted by Crippen LogP contribution is -2.32. The van der Waals surface area contributed by atoms with Crippen molar-refractivity contribution in [3.63, 3.8) is 0 Å². The van der Waals surface area contributed by atoms with E-state index in [9.17, 15) is 13.5 Å². The molecule has 0 radical (unpaired) electrons. The Kier molecular flexibility index (Phi) is 8.57. The van der Waals surface area contributed by atoms with Crippen LogP contribution in [-0.2, 0) is 10.0 Å². The summed E-state index contributed by atoms with van der Waals surface area (Å²) in [6.07, 6.45) is 6.28. The van der Waals surface area contributed by atoms with E-state index in [4.69, 9.17) is 0 Å². The van der Waals surface area contributed by atoms with Crippen molar-refractivity contribution in [2.45, 2.75) is 51.5 Å². The van der Waals surface area contributed by atoms with Crippen molar-refractivity contribution in [1.82, 2.24) is 4.72 Å². The Balaban J connectivity index is 2.40. The van der Waals surface area contributed by atoms with E-state index in [1.54, 1.807) is 0 Å². The number of nitrogens with one attached hydrogen (secondary N) is 1. The first-order valence-electron chi connectivity index (χ1n) is 7.75. The van der Waals surface area contributed by atoms with E-state index in [0.717, 1.165) is 18.4 Å². The summed E-state index contributed by atoms with van der Waals surface area (Å²) in [5.74, 6) is 0.127. The zero-order valence-corrected chi connectivity index (χ0v) is 13.6. The number of rotatable bonds is 11. The average molecular weight is 313 g/mol. The summed E-state index contributed by atoms with van der Waals surface area (Å²) < 4.78 is 26.7. The highest BCUT2D eigenvalue weighted by atomic mass is 32.2. The third-order valence-electron chi connectivity index (χ3n) is 3.47. The van der Waals surface area contributed by atoms with Gasteiger partial charge in [-0.05, 0) is 12.0 Å². The van der Waals surface area contributed by atoms with E-state index >= 15 is 0 Å². The van der Waals surface area contributed by atoms with E-state index in [1.165, 1.54) is 19.3 Å². The fraction of sp³-hybridized carbons (Fsp3) is 0.625. The van der Waals surface area contributed by atoms with Crippen molar-refractivity contribution in [3.8, 4) is 0 Å². The number of hydrogen-bond acceptors (Lipinski definition) is 3. The van der Waals surface area contributed by atoms with Gasteiger partial charge in [0, 0.05) is 0 Å². The zero-order valence-electron chi connectivity index (χ0n) is 12.8. The summed E-state index contributed by atoms with van der Waals surface area (Å²) in [5, 5.41) is 9.38. The van der Waals surface area contributed by atoms with E-state index in [2.05, 4.69) is 11.6 Å². The van der Waals surface area contributed by atoms with Crippen LogP contribution in [0, 0.1) is 0 Å². The van der Waals surface area contributed by atoms with E-state index in [-0.39, 0.29) is 12.4 Å². The quantitative estimate of drug-likeness (QED) is 0.617. The molecule has 120 valence electrons. The molecule has 0 aliphatic rings. The van der Waals surface area contributed by atoms with Crippen LogP contribution in [0.2, 0.25) is 0 Å². The molecule has 0 spiro atoms.